The van der Waals surface area contributed by atoms with E-state index in [1.54, 1.807) is 5.01 Å². The molecule has 4 heteroatoms. The molecule has 0 spiro atoms. The predicted molar refractivity (Wildman–Crippen MR) is 71.4 cm³/mol. The molecule has 1 amide bonds. The van der Waals surface area contributed by atoms with Crippen molar-refractivity contribution < 1.29 is 4.79 Å². The number of rotatable bonds is 2. The van der Waals surface area contributed by atoms with Crippen LogP contribution in [-0.2, 0) is 4.79 Å². The number of carbonyl (C=O) groups is 1. The van der Waals surface area contributed by atoms with E-state index in [0.717, 1.165) is 25.3 Å². The lowest BCUT2D eigenvalue weighted by Crippen LogP contribution is -2.35. The number of nitrogens with zero attached hydrogens (tertiary/aromatic N) is 2. The summed E-state index contributed by atoms with van der Waals surface area (Å²) in [5, 5.41) is 7.19. The number of carbonyl (C=O) groups excluding carboxylic acids is 1. The van der Waals surface area contributed by atoms with Gasteiger partial charge < -0.3 is 5.32 Å². The van der Waals surface area contributed by atoms with Crippen molar-refractivity contribution in [3.05, 3.63) is 29.8 Å². The minimum absolute atomic E-state index is 0.197. The van der Waals surface area contributed by atoms with Gasteiger partial charge in [-0.05, 0) is 36.6 Å². The molecule has 1 atom stereocenters. The SMILES string of the molecule is CN1C(=O)CCN1c1cccc(C2CCNC2)c1. The molecule has 0 aromatic heterocycles. The van der Waals surface area contributed by atoms with Gasteiger partial charge in [-0.1, -0.05) is 12.1 Å². The molecule has 0 saturated carbocycles. The Labute approximate surface area is 108 Å². The number of nitrogens with one attached hydrogen (secondary N) is 1. The van der Waals surface area contributed by atoms with Crippen LogP contribution in [0.15, 0.2) is 24.3 Å². The summed E-state index contributed by atoms with van der Waals surface area (Å²) in [5.41, 5.74) is 2.51. The van der Waals surface area contributed by atoms with Crippen LogP contribution in [0.5, 0.6) is 0 Å². The highest BCUT2D eigenvalue weighted by Crippen LogP contribution is 2.28. The standard InChI is InChI=1S/C14H19N3O/c1-16-14(18)6-8-17(16)13-4-2-3-11(9-13)12-5-7-15-10-12/h2-4,9,12,15H,5-8,10H2,1H3. The quantitative estimate of drug-likeness (QED) is 0.854. The van der Waals surface area contributed by atoms with Crippen molar-refractivity contribution in [1.82, 2.24) is 10.3 Å². The van der Waals surface area contributed by atoms with Gasteiger partial charge in [-0.25, -0.2) is 0 Å². The number of anilines is 1. The van der Waals surface area contributed by atoms with E-state index in [1.807, 2.05) is 7.05 Å². The first-order chi connectivity index (χ1) is 8.75. The van der Waals surface area contributed by atoms with Gasteiger partial charge in [0.1, 0.15) is 0 Å². The van der Waals surface area contributed by atoms with E-state index in [-0.39, 0.29) is 5.91 Å². The summed E-state index contributed by atoms with van der Waals surface area (Å²) in [6.07, 6.45) is 1.82. The van der Waals surface area contributed by atoms with Crippen molar-refractivity contribution in [2.24, 2.45) is 0 Å². The van der Waals surface area contributed by atoms with Gasteiger partial charge in [0, 0.05) is 26.6 Å². The lowest BCUT2D eigenvalue weighted by atomic mass is 9.98. The van der Waals surface area contributed by atoms with Gasteiger partial charge in [-0.15, -0.1) is 0 Å². The van der Waals surface area contributed by atoms with E-state index < -0.39 is 0 Å². The molecular weight excluding hydrogens is 226 g/mol. The highest BCUT2D eigenvalue weighted by atomic mass is 16.2. The van der Waals surface area contributed by atoms with Crippen LogP contribution in [0.25, 0.3) is 0 Å². The zero-order chi connectivity index (χ0) is 12.5. The molecule has 2 saturated heterocycles. The van der Waals surface area contributed by atoms with Gasteiger partial charge in [-0.3, -0.25) is 14.8 Å². The van der Waals surface area contributed by atoms with Crippen molar-refractivity contribution in [3.8, 4) is 0 Å². The van der Waals surface area contributed by atoms with Crippen molar-refractivity contribution >= 4 is 11.6 Å². The van der Waals surface area contributed by atoms with Crippen molar-refractivity contribution in [3.63, 3.8) is 0 Å². The maximum Gasteiger partial charge on any atom is 0.242 e. The lowest BCUT2D eigenvalue weighted by molar-refractivity contribution is -0.126. The normalized spacial score (nSPS) is 24.1. The largest absolute Gasteiger partial charge is 0.316 e. The number of hydrazine groups is 1. The maximum absolute atomic E-state index is 11.6. The topological polar surface area (TPSA) is 35.6 Å². The number of benzene rings is 1. The third-order valence-corrected chi connectivity index (χ3v) is 3.96. The van der Waals surface area contributed by atoms with E-state index >= 15 is 0 Å². The molecule has 1 aromatic carbocycles. The fraction of sp³-hybridized carbons (Fsp3) is 0.500. The monoisotopic (exact) mass is 245 g/mol. The maximum atomic E-state index is 11.6. The smallest absolute Gasteiger partial charge is 0.242 e. The minimum Gasteiger partial charge on any atom is -0.316 e. The molecule has 18 heavy (non-hydrogen) atoms. The molecular formula is C14H19N3O. The Kier molecular flexibility index (Phi) is 2.96. The highest BCUT2D eigenvalue weighted by molar-refractivity contribution is 5.81. The Balaban J connectivity index is 1.84. The summed E-state index contributed by atoms with van der Waals surface area (Å²) in [4.78, 5) is 11.6. The van der Waals surface area contributed by atoms with Crippen LogP contribution in [0.3, 0.4) is 0 Å². The van der Waals surface area contributed by atoms with E-state index in [1.165, 1.54) is 12.0 Å². The van der Waals surface area contributed by atoms with Gasteiger partial charge in [0.25, 0.3) is 0 Å². The summed E-state index contributed by atoms with van der Waals surface area (Å²) >= 11 is 0. The molecule has 1 unspecified atom stereocenters. The van der Waals surface area contributed by atoms with Gasteiger partial charge in [0.2, 0.25) is 5.91 Å². The Bertz CT molecular complexity index is 454. The molecule has 1 N–H and O–H groups in total. The van der Waals surface area contributed by atoms with Crippen LogP contribution in [-0.4, -0.2) is 37.6 Å². The fourth-order valence-corrected chi connectivity index (χ4v) is 2.83. The van der Waals surface area contributed by atoms with Gasteiger partial charge >= 0.3 is 0 Å². The van der Waals surface area contributed by atoms with Crippen LogP contribution in [0, 0.1) is 0 Å². The second-order valence-corrected chi connectivity index (χ2v) is 5.08. The Hall–Kier alpha value is -1.55. The van der Waals surface area contributed by atoms with Gasteiger partial charge in [0.15, 0.2) is 0 Å². The summed E-state index contributed by atoms with van der Waals surface area (Å²) in [7, 11) is 1.85. The Morgan fingerprint density at radius 1 is 1.39 bits per heavy atom. The second-order valence-electron chi connectivity index (χ2n) is 5.08. The molecule has 2 aliphatic rings. The molecule has 2 heterocycles. The van der Waals surface area contributed by atoms with Crippen LogP contribution in [0.1, 0.15) is 24.3 Å². The van der Waals surface area contributed by atoms with Crippen LogP contribution in [0.4, 0.5) is 5.69 Å². The Morgan fingerprint density at radius 2 is 2.28 bits per heavy atom. The van der Waals surface area contributed by atoms with E-state index in [2.05, 4.69) is 34.6 Å². The first-order valence-electron chi connectivity index (χ1n) is 6.60. The van der Waals surface area contributed by atoms with Crippen molar-refractivity contribution in [1.29, 1.82) is 0 Å². The third kappa shape index (κ3) is 1.97. The second kappa shape index (κ2) is 4.61. The average Bonchev–Trinajstić information content (AvgIpc) is 3.02. The molecule has 96 valence electrons. The summed E-state index contributed by atoms with van der Waals surface area (Å²) in [6, 6.07) is 8.60. The molecule has 2 aliphatic heterocycles. The van der Waals surface area contributed by atoms with Gasteiger partial charge in [-0.2, -0.15) is 0 Å². The van der Waals surface area contributed by atoms with Crippen LogP contribution >= 0.6 is 0 Å². The predicted octanol–water partition coefficient (Wildman–Crippen LogP) is 1.35. The molecule has 0 radical (unpaired) electrons. The fourth-order valence-electron chi connectivity index (χ4n) is 2.83. The van der Waals surface area contributed by atoms with E-state index in [9.17, 15) is 4.79 Å². The van der Waals surface area contributed by atoms with Crippen LogP contribution in [0.2, 0.25) is 0 Å². The first kappa shape index (κ1) is 11.5. The van der Waals surface area contributed by atoms with E-state index in [0.29, 0.717) is 12.3 Å². The summed E-state index contributed by atoms with van der Waals surface area (Å²) < 4.78 is 0. The number of hydrogen-bond acceptors (Lipinski definition) is 3. The van der Waals surface area contributed by atoms with E-state index in [4.69, 9.17) is 0 Å². The zero-order valence-electron chi connectivity index (χ0n) is 10.7. The molecule has 0 aliphatic carbocycles. The Morgan fingerprint density at radius 3 is 2.94 bits per heavy atom. The molecule has 3 rings (SSSR count). The number of hydrogen-bond donors (Lipinski definition) is 1. The van der Waals surface area contributed by atoms with Crippen molar-refractivity contribution in [2.45, 2.75) is 18.8 Å². The summed E-state index contributed by atoms with van der Waals surface area (Å²) in [6.45, 7) is 2.97. The lowest BCUT2D eigenvalue weighted by Gasteiger charge is -2.26. The molecule has 2 fully saturated rings. The average molecular weight is 245 g/mol. The van der Waals surface area contributed by atoms with Crippen molar-refractivity contribution in [2.75, 3.05) is 31.7 Å². The summed E-state index contributed by atoms with van der Waals surface area (Å²) in [5.74, 6) is 0.816. The molecule has 0 bridgehead atoms. The zero-order valence-corrected chi connectivity index (χ0v) is 10.7. The third-order valence-electron chi connectivity index (χ3n) is 3.96. The minimum atomic E-state index is 0.197. The molecule has 1 aromatic rings. The highest BCUT2D eigenvalue weighted by Gasteiger charge is 2.26. The van der Waals surface area contributed by atoms with Crippen LogP contribution < -0.4 is 10.3 Å². The van der Waals surface area contributed by atoms with Gasteiger partial charge in [0.05, 0.1) is 5.69 Å². The first-order valence-corrected chi connectivity index (χ1v) is 6.60. The number of amides is 1. The molecule has 4 nitrogen and oxygen atoms in total.